The van der Waals surface area contributed by atoms with Crippen molar-refractivity contribution in [3.05, 3.63) is 39.4 Å². The van der Waals surface area contributed by atoms with Crippen molar-refractivity contribution in [2.75, 3.05) is 5.75 Å². The second kappa shape index (κ2) is 4.88. The molecule has 5 nitrogen and oxygen atoms in total. The molecule has 0 amide bonds. The van der Waals surface area contributed by atoms with E-state index in [9.17, 15) is 18.5 Å². The first-order valence-corrected chi connectivity index (χ1v) is 5.72. The summed E-state index contributed by atoms with van der Waals surface area (Å²) in [7, 11) is -2.39. The van der Waals surface area contributed by atoms with E-state index in [0.717, 1.165) is 5.56 Å². The Balaban J connectivity index is 2.86. The molecule has 0 unspecified atom stereocenters. The zero-order valence-electron chi connectivity index (χ0n) is 8.17. The highest BCUT2D eigenvalue weighted by Crippen LogP contribution is 2.18. The second-order valence-electron chi connectivity index (χ2n) is 3.18. The summed E-state index contributed by atoms with van der Waals surface area (Å²) >= 11 is 0. The van der Waals surface area contributed by atoms with Gasteiger partial charge in [-0.3, -0.25) is 10.1 Å². The van der Waals surface area contributed by atoms with Crippen LogP contribution in [0.5, 0.6) is 0 Å². The van der Waals surface area contributed by atoms with Crippen LogP contribution in [0, 0.1) is 17.0 Å². The number of aryl methyl sites for hydroxylation is 2. The lowest BCUT2D eigenvalue weighted by Gasteiger charge is -2.00. The molecular formula is C9H11NO4S. The number of benzene rings is 1. The third kappa shape index (κ3) is 3.32. The molecule has 0 aromatic heterocycles. The molecule has 0 heterocycles. The Bertz CT molecular complexity index is 445. The highest BCUT2D eigenvalue weighted by molar-refractivity contribution is 7.72. The van der Waals surface area contributed by atoms with Crippen LogP contribution >= 0.6 is 0 Å². The van der Waals surface area contributed by atoms with Crippen molar-refractivity contribution in [2.45, 2.75) is 13.3 Å². The van der Waals surface area contributed by atoms with Gasteiger partial charge in [-0.25, -0.2) is 8.42 Å². The van der Waals surface area contributed by atoms with Gasteiger partial charge in [-0.15, -0.1) is 0 Å². The van der Waals surface area contributed by atoms with Gasteiger partial charge in [0.15, 0.2) is 0 Å². The van der Waals surface area contributed by atoms with Crippen molar-refractivity contribution in [1.29, 1.82) is 0 Å². The number of nitro benzene ring substituents is 1. The van der Waals surface area contributed by atoms with Gasteiger partial charge in [0.25, 0.3) is 5.69 Å². The van der Waals surface area contributed by atoms with Gasteiger partial charge in [-0.2, -0.15) is 0 Å². The third-order valence-corrected chi connectivity index (χ3v) is 2.63. The summed E-state index contributed by atoms with van der Waals surface area (Å²) in [5.41, 5.74) is 1.42. The van der Waals surface area contributed by atoms with Crippen LogP contribution < -0.4 is 0 Å². The van der Waals surface area contributed by atoms with E-state index in [4.69, 9.17) is 0 Å². The molecule has 6 heteroatoms. The molecule has 0 fully saturated rings. The van der Waals surface area contributed by atoms with Gasteiger partial charge in [0.1, 0.15) is 10.7 Å². The summed E-state index contributed by atoms with van der Waals surface area (Å²) < 4.78 is 20.7. The molecular weight excluding hydrogens is 218 g/mol. The van der Waals surface area contributed by atoms with Gasteiger partial charge in [0, 0.05) is 11.6 Å². The number of rotatable bonds is 4. The van der Waals surface area contributed by atoms with Crippen LogP contribution in [0.4, 0.5) is 5.69 Å². The van der Waals surface area contributed by atoms with E-state index in [-0.39, 0.29) is 11.4 Å². The Hall–Kier alpha value is -1.43. The summed E-state index contributed by atoms with van der Waals surface area (Å²) in [4.78, 5) is 10.1. The van der Waals surface area contributed by atoms with Crippen molar-refractivity contribution in [1.82, 2.24) is 0 Å². The average Bonchev–Trinajstić information content (AvgIpc) is 2.14. The maximum absolute atomic E-state index is 10.5. The number of hydrogen-bond donors (Lipinski definition) is 1. The molecule has 15 heavy (non-hydrogen) atoms. The second-order valence-corrected chi connectivity index (χ2v) is 4.30. The maximum Gasteiger partial charge on any atom is 0.272 e. The normalized spacial score (nSPS) is 10.5. The van der Waals surface area contributed by atoms with Crippen LogP contribution in [0.25, 0.3) is 0 Å². The quantitative estimate of drug-likeness (QED) is 0.475. The molecule has 0 aliphatic carbocycles. The van der Waals surface area contributed by atoms with Gasteiger partial charge in [-0.05, 0) is 25.0 Å². The number of nitrogens with zero attached hydrogens (tertiary/aromatic N) is 1. The Morgan fingerprint density at radius 1 is 1.40 bits per heavy atom. The van der Waals surface area contributed by atoms with Gasteiger partial charge in [-0.1, -0.05) is 6.07 Å². The minimum atomic E-state index is -2.39. The average molecular weight is 229 g/mol. The van der Waals surface area contributed by atoms with Crippen molar-refractivity contribution in [3.63, 3.8) is 0 Å². The van der Waals surface area contributed by atoms with E-state index in [1.807, 2.05) is 0 Å². The van der Waals surface area contributed by atoms with Crippen LogP contribution in [-0.2, 0) is 17.1 Å². The Morgan fingerprint density at radius 2 is 2.07 bits per heavy atom. The van der Waals surface area contributed by atoms with Gasteiger partial charge in [0.2, 0.25) is 0 Å². The topological polar surface area (TPSA) is 77.3 Å². The van der Waals surface area contributed by atoms with Crippen LogP contribution in [0.3, 0.4) is 0 Å². The molecule has 82 valence electrons. The zero-order valence-corrected chi connectivity index (χ0v) is 9.07. The van der Waals surface area contributed by atoms with Gasteiger partial charge in [0.05, 0.1) is 10.7 Å². The van der Waals surface area contributed by atoms with Crippen LogP contribution in [-0.4, -0.2) is 19.1 Å². The minimum Gasteiger partial charge on any atom is -0.258 e. The zero-order chi connectivity index (χ0) is 11.4. The van der Waals surface area contributed by atoms with Crippen LogP contribution in [0.15, 0.2) is 18.2 Å². The molecule has 0 saturated heterocycles. The molecule has 0 atom stereocenters. The first kappa shape index (κ1) is 11.6. The molecule has 0 aliphatic heterocycles. The van der Waals surface area contributed by atoms with Gasteiger partial charge < -0.3 is 0 Å². The van der Waals surface area contributed by atoms with Crippen molar-refractivity contribution in [2.24, 2.45) is 0 Å². The molecule has 1 aromatic rings. The third-order valence-electron chi connectivity index (χ3n) is 2.04. The summed E-state index contributed by atoms with van der Waals surface area (Å²) in [6.45, 7) is 1.64. The molecule has 1 aromatic carbocycles. The summed E-state index contributed by atoms with van der Waals surface area (Å²) in [6.07, 6.45) is 0.400. The standard InChI is InChI=1S/C9H11NO4S/c1-7-6-8(4-5-15(13)14)2-3-9(7)10(11)12/h2-3,6,15H,4-5H2,1H3. The molecule has 0 radical (unpaired) electrons. The minimum absolute atomic E-state index is 0.0604. The summed E-state index contributed by atoms with van der Waals surface area (Å²) in [6, 6.07) is 4.64. The number of hydrogen-bond acceptors (Lipinski definition) is 4. The van der Waals surface area contributed by atoms with E-state index in [1.165, 1.54) is 6.07 Å². The largest absolute Gasteiger partial charge is 0.272 e. The van der Waals surface area contributed by atoms with Crippen molar-refractivity contribution >= 4 is 16.4 Å². The Labute approximate surface area is 88.8 Å². The molecule has 0 spiro atoms. The lowest BCUT2D eigenvalue weighted by Crippen LogP contribution is -1.97. The predicted octanol–water partition coefficient (Wildman–Crippen LogP) is 1.06. The van der Waals surface area contributed by atoms with E-state index >= 15 is 0 Å². The first-order chi connectivity index (χ1) is 7.00. The monoisotopic (exact) mass is 229 g/mol. The van der Waals surface area contributed by atoms with Crippen LogP contribution in [0.1, 0.15) is 11.1 Å². The number of nitro groups is 1. The van der Waals surface area contributed by atoms with Gasteiger partial charge >= 0.3 is 0 Å². The molecule has 0 bridgehead atoms. The molecule has 0 aliphatic rings. The highest BCUT2D eigenvalue weighted by Gasteiger charge is 2.09. The molecule has 0 N–H and O–H groups in total. The fourth-order valence-electron chi connectivity index (χ4n) is 1.30. The molecule has 0 saturated carbocycles. The Morgan fingerprint density at radius 3 is 2.53 bits per heavy atom. The lowest BCUT2D eigenvalue weighted by molar-refractivity contribution is -0.385. The maximum atomic E-state index is 10.5. The number of thiol groups is 1. The Kier molecular flexibility index (Phi) is 3.79. The van der Waals surface area contributed by atoms with E-state index in [2.05, 4.69) is 0 Å². The SMILES string of the molecule is Cc1cc(CC[SH](=O)=O)ccc1[N+](=O)[O-]. The van der Waals surface area contributed by atoms with Crippen LogP contribution in [0.2, 0.25) is 0 Å². The van der Waals surface area contributed by atoms with E-state index in [1.54, 1.807) is 19.1 Å². The smallest absolute Gasteiger partial charge is 0.258 e. The highest BCUT2D eigenvalue weighted by atomic mass is 32.2. The summed E-state index contributed by atoms with van der Waals surface area (Å²) in [5.74, 6) is 0.0760. The molecule has 1 rings (SSSR count). The fourth-order valence-corrected chi connectivity index (χ4v) is 1.74. The first-order valence-electron chi connectivity index (χ1n) is 4.36. The fraction of sp³-hybridized carbons (Fsp3) is 0.333. The summed E-state index contributed by atoms with van der Waals surface area (Å²) in [5, 5.41) is 10.5. The lowest BCUT2D eigenvalue weighted by atomic mass is 10.1. The van der Waals surface area contributed by atoms with Crippen molar-refractivity contribution in [3.8, 4) is 0 Å². The van der Waals surface area contributed by atoms with E-state index < -0.39 is 15.6 Å². The van der Waals surface area contributed by atoms with Crippen molar-refractivity contribution < 1.29 is 13.3 Å². The predicted molar refractivity (Wildman–Crippen MR) is 56.7 cm³/mol. The van der Waals surface area contributed by atoms with E-state index in [0.29, 0.717) is 12.0 Å².